The molecule has 4 heteroatoms. The Morgan fingerprint density at radius 2 is 2.00 bits per heavy atom. The number of hydrogen-bond acceptors (Lipinski definition) is 3. The van der Waals surface area contributed by atoms with Gasteiger partial charge in [0.15, 0.2) is 0 Å². The Morgan fingerprint density at radius 3 is 2.74 bits per heavy atom. The Balaban J connectivity index is 1.46. The van der Waals surface area contributed by atoms with Crippen LogP contribution >= 0.6 is 0 Å². The Bertz CT molecular complexity index is 431. The molecule has 19 heavy (non-hydrogen) atoms. The molecule has 2 N–H and O–H groups in total. The molecule has 2 aliphatic rings. The fourth-order valence-electron chi connectivity index (χ4n) is 2.65. The number of hydrogen-bond donors (Lipinski definition) is 2. The Morgan fingerprint density at radius 1 is 1.21 bits per heavy atom. The van der Waals surface area contributed by atoms with E-state index in [1.807, 2.05) is 30.3 Å². The first-order valence-corrected chi connectivity index (χ1v) is 7.03. The summed E-state index contributed by atoms with van der Waals surface area (Å²) in [6.45, 7) is 1.09. The molecule has 1 saturated carbocycles. The van der Waals surface area contributed by atoms with Crippen molar-refractivity contribution in [2.24, 2.45) is 5.92 Å². The van der Waals surface area contributed by atoms with Crippen molar-refractivity contribution < 1.29 is 9.53 Å². The Hall–Kier alpha value is -1.55. The summed E-state index contributed by atoms with van der Waals surface area (Å²) in [4.78, 5) is 11.9. The lowest BCUT2D eigenvalue weighted by atomic mass is 10.1. The molecule has 1 heterocycles. The predicted octanol–water partition coefficient (Wildman–Crippen LogP) is 1.78. The number of rotatable bonds is 5. The van der Waals surface area contributed by atoms with E-state index in [-0.39, 0.29) is 18.1 Å². The fourth-order valence-corrected chi connectivity index (χ4v) is 2.65. The van der Waals surface area contributed by atoms with Gasteiger partial charge in [-0.25, -0.2) is 0 Å². The molecular weight excluding hydrogens is 240 g/mol. The molecule has 2 atom stereocenters. The summed E-state index contributed by atoms with van der Waals surface area (Å²) >= 11 is 0. The van der Waals surface area contributed by atoms with E-state index in [2.05, 4.69) is 10.6 Å². The molecule has 0 bridgehead atoms. The Kier molecular flexibility index (Phi) is 3.69. The van der Waals surface area contributed by atoms with Crippen LogP contribution in [0.4, 0.5) is 5.69 Å². The minimum atomic E-state index is 0.0463. The zero-order valence-electron chi connectivity index (χ0n) is 11.0. The van der Waals surface area contributed by atoms with Crippen LogP contribution < -0.4 is 10.6 Å². The quantitative estimate of drug-likeness (QED) is 0.848. The summed E-state index contributed by atoms with van der Waals surface area (Å²) in [5, 5.41) is 6.22. The van der Waals surface area contributed by atoms with Crippen LogP contribution in [-0.4, -0.2) is 31.2 Å². The van der Waals surface area contributed by atoms with Gasteiger partial charge in [-0.3, -0.25) is 4.79 Å². The van der Waals surface area contributed by atoms with Crippen LogP contribution in [0.5, 0.6) is 0 Å². The average molecular weight is 260 g/mol. The highest BCUT2D eigenvalue weighted by Crippen LogP contribution is 2.38. The van der Waals surface area contributed by atoms with Gasteiger partial charge in [0.2, 0.25) is 5.91 Å². The van der Waals surface area contributed by atoms with Crippen LogP contribution in [0, 0.1) is 5.92 Å². The third kappa shape index (κ3) is 3.26. The molecule has 102 valence electrons. The topological polar surface area (TPSA) is 50.4 Å². The maximum absolute atomic E-state index is 11.9. The van der Waals surface area contributed by atoms with E-state index < -0.39 is 0 Å². The van der Waals surface area contributed by atoms with Crippen molar-refractivity contribution >= 4 is 11.6 Å². The van der Waals surface area contributed by atoms with Crippen molar-refractivity contribution in [2.45, 2.75) is 31.4 Å². The zero-order chi connectivity index (χ0) is 13.1. The summed E-state index contributed by atoms with van der Waals surface area (Å²) < 4.78 is 5.72. The van der Waals surface area contributed by atoms with Gasteiger partial charge in [0.05, 0.1) is 18.7 Å². The van der Waals surface area contributed by atoms with Crippen LogP contribution in [0.25, 0.3) is 0 Å². The number of anilines is 1. The number of nitrogens with one attached hydrogen (secondary N) is 2. The highest BCUT2D eigenvalue weighted by Gasteiger charge is 2.41. The van der Waals surface area contributed by atoms with Crippen molar-refractivity contribution in [3.05, 3.63) is 30.3 Å². The molecule has 1 aliphatic heterocycles. The number of carbonyl (C=O) groups excluding carboxylic acids is 1. The lowest BCUT2D eigenvalue weighted by Crippen LogP contribution is -2.43. The van der Waals surface area contributed by atoms with Crippen molar-refractivity contribution in [1.29, 1.82) is 0 Å². The van der Waals surface area contributed by atoms with Gasteiger partial charge in [-0.2, -0.15) is 0 Å². The van der Waals surface area contributed by atoms with Crippen LogP contribution in [0.1, 0.15) is 19.3 Å². The monoisotopic (exact) mass is 260 g/mol. The molecule has 2 unspecified atom stereocenters. The molecule has 4 nitrogen and oxygen atoms in total. The van der Waals surface area contributed by atoms with E-state index >= 15 is 0 Å². The van der Waals surface area contributed by atoms with Crippen molar-refractivity contribution in [3.63, 3.8) is 0 Å². The molecule has 1 amide bonds. The predicted molar refractivity (Wildman–Crippen MR) is 73.9 cm³/mol. The van der Waals surface area contributed by atoms with Crippen LogP contribution in [0.3, 0.4) is 0 Å². The van der Waals surface area contributed by atoms with E-state index in [1.54, 1.807) is 0 Å². The van der Waals surface area contributed by atoms with Gasteiger partial charge in [-0.05, 0) is 37.3 Å². The van der Waals surface area contributed by atoms with Crippen LogP contribution in [-0.2, 0) is 9.53 Å². The standard InChI is InChI=1S/C15H20N2O2/c18-14(10-16-12-4-2-1-3-5-12)17-13-8-9-19-15(13)11-6-7-11/h1-5,11,13,15-16H,6-10H2,(H,17,18). The van der Waals surface area contributed by atoms with Gasteiger partial charge in [-0.1, -0.05) is 18.2 Å². The third-order valence-electron chi connectivity index (χ3n) is 3.80. The average Bonchev–Trinajstić information content (AvgIpc) is 3.18. The Labute approximate surface area is 113 Å². The minimum absolute atomic E-state index is 0.0463. The molecule has 1 aromatic rings. The first-order chi connectivity index (χ1) is 9.33. The largest absolute Gasteiger partial charge is 0.376 e. The van der Waals surface area contributed by atoms with Crippen LogP contribution in [0.2, 0.25) is 0 Å². The van der Waals surface area contributed by atoms with Crippen molar-refractivity contribution in [1.82, 2.24) is 5.32 Å². The van der Waals surface area contributed by atoms with Gasteiger partial charge in [0.1, 0.15) is 0 Å². The van der Waals surface area contributed by atoms with Crippen molar-refractivity contribution in [3.8, 4) is 0 Å². The zero-order valence-corrected chi connectivity index (χ0v) is 11.0. The molecule has 1 saturated heterocycles. The molecule has 1 aliphatic carbocycles. The number of para-hydroxylation sites is 1. The van der Waals surface area contributed by atoms with E-state index in [9.17, 15) is 4.79 Å². The van der Waals surface area contributed by atoms with Crippen molar-refractivity contribution in [2.75, 3.05) is 18.5 Å². The molecule has 3 rings (SSSR count). The first-order valence-electron chi connectivity index (χ1n) is 7.03. The number of benzene rings is 1. The van der Waals surface area contributed by atoms with Gasteiger partial charge in [-0.15, -0.1) is 0 Å². The SMILES string of the molecule is O=C(CNc1ccccc1)NC1CCOC1C1CC1. The normalized spacial score (nSPS) is 26.1. The maximum Gasteiger partial charge on any atom is 0.239 e. The highest BCUT2D eigenvalue weighted by atomic mass is 16.5. The summed E-state index contributed by atoms with van der Waals surface area (Å²) in [5.74, 6) is 0.722. The second kappa shape index (κ2) is 5.61. The summed E-state index contributed by atoms with van der Waals surface area (Å²) in [5.41, 5.74) is 0.971. The van der Waals surface area contributed by atoms with Gasteiger partial charge in [0.25, 0.3) is 0 Å². The molecule has 1 aromatic carbocycles. The molecule has 0 aromatic heterocycles. The second-order valence-corrected chi connectivity index (χ2v) is 5.36. The minimum Gasteiger partial charge on any atom is -0.376 e. The highest BCUT2D eigenvalue weighted by molar-refractivity contribution is 5.81. The summed E-state index contributed by atoms with van der Waals surface area (Å²) in [6, 6.07) is 9.99. The number of carbonyl (C=O) groups is 1. The summed E-state index contributed by atoms with van der Waals surface area (Å²) in [6.07, 6.45) is 3.69. The molecule has 0 spiro atoms. The second-order valence-electron chi connectivity index (χ2n) is 5.36. The van der Waals surface area contributed by atoms with E-state index in [1.165, 1.54) is 12.8 Å². The van der Waals surface area contributed by atoms with Crippen LogP contribution in [0.15, 0.2) is 30.3 Å². The van der Waals surface area contributed by atoms with E-state index in [0.717, 1.165) is 18.7 Å². The van der Waals surface area contributed by atoms with E-state index in [0.29, 0.717) is 12.5 Å². The number of ether oxygens (including phenoxy) is 1. The lowest BCUT2D eigenvalue weighted by molar-refractivity contribution is -0.120. The van der Waals surface area contributed by atoms with E-state index in [4.69, 9.17) is 4.74 Å². The third-order valence-corrected chi connectivity index (χ3v) is 3.80. The maximum atomic E-state index is 11.9. The van der Waals surface area contributed by atoms with Gasteiger partial charge >= 0.3 is 0 Å². The molecule has 2 fully saturated rings. The first kappa shape index (κ1) is 12.5. The molecule has 0 radical (unpaired) electrons. The lowest BCUT2D eigenvalue weighted by Gasteiger charge is -2.19. The molecular formula is C15H20N2O2. The smallest absolute Gasteiger partial charge is 0.239 e. The number of amides is 1. The van der Waals surface area contributed by atoms with Gasteiger partial charge in [0, 0.05) is 12.3 Å². The fraction of sp³-hybridized carbons (Fsp3) is 0.533. The summed E-state index contributed by atoms with van der Waals surface area (Å²) in [7, 11) is 0. The van der Waals surface area contributed by atoms with Gasteiger partial charge < -0.3 is 15.4 Å².